The van der Waals surface area contributed by atoms with Crippen molar-refractivity contribution in [3.8, 4) is 0 Å². The minimum absolute atomic E-state index is 0.369. The van der Waals surface area contributed by atoms with E-state index in [-0.39, 0.29) is 0 Å². The Morgan fingerprint density at radius 3 is 2.22 bits per heavy atom. The number of fused-ring (bicyclic) bond motifs is 1. The summed E-state index contributed by atoms with van der Waals surface area (Å²) in [5.41, 5.74) is 1.58. The third-order valence-electron chi connectivity index (χ3n) is 7.03. The van der Waals surface area contributed by atoms with Crippen LogP contribution >= 0.6 is 0 Å². The van der Waals surface area contributed by atoms with Crippen LogP contribution in [-0.2, 0) is 21.7 Å². The Labute approximate surface area is 189 Å². The van der Waals surface area contributed by atoms with Gasteiger partial charge in [-0.25, -0.2) is 4.79 Å². The number of carbonyl (C=O) groups excluding carboxylic acids is 1. The molecule has 3 unspecified atom stereocenters. The van der Waals surface area contributed by atoms with Gasteiger partial charge in [0.15, 0.2) is 0 Å². The van der Waals surface area contributed by atoms with Crippen LogP contribution in [0.5, 0.6) is 0 Å². The Morgan fingerprint density at radius 2 is 1.56 bits per heavy atom. The predicted octanol–water partition coefficient (Wildman–Crippen LogP) is 4.15. The third kappa shape index (κ3) is 3.96. The first-order valence-electron chi connectivity index (χ1n) is 11.3. The number of hydrogen-bond donors (Lipinski definition) is 1. The van der Waals surface area contributed by atoms with Crippen molar-refractivity contribution in [3.63, 3.8) is 0 Å². The lowest BCUT2D eigenvalue weighted by molar-refractivity contribution is -0.163. The number of aliphatic hydroxyl groups is 1. The highest BCUT2D eigenvalue weighted by molar-refractivity contribution is 5.85. The fourth-order valence-electron chi connectivity index (χ4n) is 5.18. The molecule has 1 saturated carbocycles. The SMILES string of the molecule is Cc1cccc(C(O)(C(=O)OCC2C3CN(Cc4ccccc4)CC23)c2ccccc2)c1. The van der Waals surface area contributed by atoms with Gasteiger partial charge in [0, 0.05) is 25.6 Å². The smallest absolute Gasteiger partial charge is 0.347 e. The number of ether oxygens (including phenoxy) is 1. The van der Waals surface area contributed by atoms with E-state index in [1.807, 2.05) is 49.4 Å². The summed E-state index contributed by atoms with van der Waals surface area (Å²) >= 11 is 0. The number of esters is 1. The van der Waals surface area contributed by atoms with Crippen LogP contribution in [0.2, 0.25) is 0 Å². The molecule has 0 spiro atoms. The summed E-state index contributed by atoms with van der Waals surface area (Å²) in [4.78, 5) is 15.7. The average molecular weight is 428 g/mol. The highest BCUT2D eigenvalue weighted by atomic mass is 16.5. The second kappa shape index (κ2) is 8.53. The van der Waals surface area contributed by atoms with Crippen molar-refractivity contribution in [2.45, 2.75) is 19.1 Å². The largest absolute Gasteiger partial charge is 0.463 e. The van der Waals surface area contributed by atoms with Crippen molar-refractivity contribution in [3.05, 3.63) is 107 Å². The van der Waals surface area contributed by atoms with Gasteiger partial charge in [0.05, 0.1) is 6.61 Å². The quantitative estimate of drug-likeness (QED) is 0.576. The van der Waals surface area contributed by atoms with Gasteiger partial charge < -0.3 is 9.84 Å². The van der Waals surface area contributed by atoms with E-state index < -0.39 is 11.6 Å². The number of likely N-dealkylation sites (tertiary alicyclic amines) is 1. The molecule has 1 heterocycles. The van der Waals surface area contributed by atoms with Gasteiger partial charge in [0.1, 0.15) is 0 Å². The van der Waals surface area contributed by atoms with E-state index >= 15 is 0 Å². The Hall–Kier alpha value is -2.95. The minimum atomic E-state index is -1.81. The van der Waals surface area contributed by atoms with Crippen LogP contribution in [0.3, 0.4) is 0 Å². The van der Waals surface area contributed by atoms with E-state index in [4.69, 9.17) is 4.74 Å². The van der Waals surface area contributed by atoms with Gasteiger partial charge in [0.25, 0.3) is 0 Å². The van der Waals surface area contributed by atoms with Crippen molar-refractivity contribution >= 4 is 5.97 Å². The Balaban J connectivity index is 1.23. The number of nitrogens with zero attached hydrogens (tertiary/aromatic N) is 1. The lowest BCUT2D eigenvalue weighted by Gasteiger charge is -2.27. The normalized spacial score (nSPS) is 23.9. The molecule has 164 valence electrons. The molecule has 2 aliphatic rings. The van der Waals surface area contributed by atoms with Crippen LogP contribution in [0.1, 0.15) is 22.3 Å². The van der Waals surface area contributed by atoms with Crippen LogP contribution in [0.15, 0.2) is 84.9 Å². The van der Waals surface area contributed by atoms with Gasteiger partial charge in [0.2, 0.25) is 5.60 Å². The topological polar surface area (TPSA) is 49.8 Å². The number of piperidine rings is 1. The van der Waals surface area contributed by atoms with Crippen LogP contribution in [0, 0.1) is 24.7 Å². The van der Waals surface area contributed by atoms with Crippen molar-refractivity contribution < 1.29 is 14.6 Å². The molecule has 1 aliphatic carbocycles. The van der Waals surface area contributed by atoms with Crippen LogP contribution < -0.4 is 0 Å². The van der Waals surface area contributed by atoms with Crippen molar-refractivity contribution in [1.29, 1.82) is 0 Å². The maximum atomic E-state index is 13.3. The zero-order valence-corrected chi connectivity index (χ0v) is 18.4. The monoisotopic (exact) mass is 427 g/mol. The molecule has 5 rings (SSSR count). The maximum Gasteiger partial charge on any atom is 0.347 e. The van der Waals surface area contributed by atoms with E-state index in [2.05, 4.69) is 29.2 Å². The van der Waals surface area contributed by atoms with Gasteiger partial charge in [-0.15, -0.1) is 0 Å². The van der Waals surface area contributed by atoms with Gasteiger partial charge in [-0.05, 0) is 35.4 Å². The molecule has 4 heteroatoms. The fourth-order valence-corrected chi connectivity index (χ4v) is 5.18. The third-order valence-corrected chi connectivity index (χ3v) is 7.03. The molecule has 2 fully saturated rings. The number of rotatable bonds is 7. The Kier molecular flexibility index (Phi) is 5.58. The van der Waals surface area contributed by atoms with E-state index in [1.54, 1.807) is 18.2 Å². The number of benzene rings is 3. The molecular weight excluding hydrogens is 398 g/mol. The molecule has 3 aromatic rings. The first kappa shape index (κ1) is 20.9. The molecule has 1 saturated heterocycles. The van der Waals surface area contributed by atoms with Crippen molar-refractivity contribution in [1.82, 2.24) is 4.90 Å². The summed E-state index contributed by atoms with van der Waals surface area (Å²) in [6.07, 6.45) is 0. The maximum absolute atomic E-state index is 13.3. The number of hydrogen-bond acceptors (Lipinski definition) is 4. The zero-order chi connectivity index (χ0) is 22.1. The highest BCUT2D eigenvalue weighted by Gasteiger charge is 2.56. The first-order chi connectivity index (χ1) is 15.6. The molecule has 4 nitrogen and oxygen atoms in total. The molecule has 0 radical (unpaired) electrons. The van der Waals surface area contributed by atoms with E-state index in [0.29, 0.717) is 35.5 Å². The summed E-state index contributed by atoms with van der Waals surface area (Å²) in [5, 5.41) is 11.6. The number of aryl methyl sites for hydroxylation is 1. The van der Waals surface area contributed by atoms with Crippen molar-refractivity contribution in [2.75, 3.05) is 19.7 Å². The second-order valence-electron chi connectivity index (χ2n) is 9.22. The number of carbonyl (C=O) groups is 1. The predicted molar refractivity (Wildman–Crippen MR) is 124 cm³/mol. The van der Waals surface area contributed by atoms with Gasteiger partial charge in [-0.2, -0.15) is 0 Å². The Morgan fingerprint density at radius 1 is 0.938 bits per heavy atom. The molecule has 0 amide bonds. The molecule has 3 aromatic carbocycles. The standard InChI is InChI=1S/C28H29NO3/c1-20-9-8-14-23(15-20)28(31,22-12-6-3-7-13-22)27(30)32-19-26-24-17-29(18-25(24)26)16-21-10-4-2-5-11-21/h2-15,24-26,31H,16-19H2,1H3. The second-order valence-corrected chi connectivity index (χ2v) is 9.22. The van der Waals surface area contributed by atoms with E-state index in [0.717, 1.165) is 25.2 Å². The van der Waals surface area contributed by atoms with Gasteiger partial charge >= 0.3 is 5.97 Å². The zero-order valence-electron chi connectivity index (χ0n) is 18.4. The Bertz CT molecular complexity index is 1070. The summed E-state index contributed by atoms with van der Waals surface area (Å²) in [6, 6.07) is 27.1. The van der Waals surface area contributed by atoms with Crippen LogP contribution in [0.4, 0.5) is 0 Å². The molecule has 3 atom stereocenters. The summed E-state index contributed by atoms with van der Waals surface area (Å²) < 4.78 is 5.76. The van der Waals surface area contributed by atoms with Crippen LogP contribution in [0.25, 0.3) is 0 Å². The molecule has 0 aromatic heterocycles. The van der Waals surface area contributed by atoms with E-state index in [1.165, 1.54) is 5.56 Å². The highest BCUT2D eigenvalue weighted by Crippen LogP contribution is 2.52. The minimum Gasteiger partial charge on any atom is -0.463 e. The molecule has 1 aliphatic heterocycles. The molecular formula is C28H29NO3. The van der Waals surface area contributed by atoms with E-state index in [9.17, 15) is 9.90 Å². The summed E-state index contributed by atoms with van der Waals surface area (Å²) in [6.45, 7) is 5.38. The lowest BCUT2D eigenvalue weighted by atomic mass is 9.85. The molecule has 32 heavy (non-hydrogen) atoms. The average Bonchev–Trinajstić information content (AvgIpc) is 3.28. The molecule has 1 N–H and O–H groups in total. The molecule has 0 bridgehead atoms. The van der Waals surface area contributed by atoms with Crippen LogP contribution in [-0.4, -0.2) is 35.7 Å². The van der Waals surface area contributed by atoms with Gasteiger partial charge in [-0.1, -0.05) is 90.5 Å². The lowest BCUT2D eigenvalue weighted by Crippen LogP contribution is -2.39. The van der Waals surface area contributed by atoms with Gasteiger partial charge in [-0.3, -0.25) is 4.90 Å². The fraction of sp³-hybridized carbons (Fsp3) is 0.321. The summed E-state index contributed by atoms with van der Waals surface area (Å²) in [5.74, 6) is 0.953. The first-order valence-corrected chi connectivity index (χ1v) is 11.3. The summed E-state index contributed by atoms with van der Waals surface area (Å²) in [7, 11) is 0. The van der Waals surface area contributed by atoms with Crippen molar-refractivity contribution in [2.24, 2.45) is 17.8 Å².